The third kappa shape index (κ3) is 2.18. The Morgan fingerprint density at radius 1 is 1.35 bits per heavy atom. The van der Waals surface area contributed by atoms with Gasteiger partial charge >= 0.3 is 0 Å². The SMILES string of the molecule is CC(=O)Nc1ccc(-c2nc3ccncc3[nH]2)c(O)c1. The minimum absolute atomic E-state index is 0.0447. The van der Waals surface area contributed by atoms with E-state index >= 15 is 0 Å². The van der Waals surface area contributed by atoms with Gasteiger partial charge in [-0.2, -0.15) is 0 Å². The summed E-state index contributed by atoms with van der Waals surface area (Å²) in [6, 6.07) is 6.69. The van der Waals surface area contributed by atoms with Crippen LogP contribution in [-0.2, 0) is 4.79 Å². The molecule has 2 aromatic heterocycles. The third-order valence-electron chi connectivity index (χ3n) is 2.86. The number of fused-ring (bicyclic) bond motifs is 1. The summed E-state index contributed by atoms with van der Waals surface area (Å²) in [7, 11) is 0. The maximum Gasteiger partial charge on any atom is 0.221 e. The summed E-state index contributed by atoms with van der Waals surface area (Å²) in [5.74, 6) is 0.412. The van der Waals surface area contributed by atoms with Crippen LogP contribution in [0, 0.1) is 0 Å². The molecule has 3 aromatic rings. The molecule has 0 radical (unpaired) electrons. The minimum Gasteiger partial charge on any atom is -0.507 e. The standard InChI is InChI=1S/C14H12N4O2/c1-8(19)16-9-2-3-10(13(20)6-9)14-17-11-4-5-15-7-12(11)18-14/h2-7,20H,1H3,(H,16,19)(H,17,18). The summed E-state index contributed by atoms with van der Waals surface area (Å²) < 4.78 is 0. The highest BCUT2D eigenvalue weighted by molar-refractivity contribution is 5.89. The number of amides is 1. The number of hydrogen-bond donors (Lipinski definition) is 3. The molecule has 0 aliphatic heterocycles. The van der Waals surface area contributed by atoms with Crippen molar-refractivity contribution in [2.24, 2.45) is 0 Å². The monoisotopic (exact) mass is 268 g/mol. The number of pyridine rings is 1. The number of anilines is 1. The van der Waals surface area contributed by atoms with E-state index in [2.05, 4.69) is 20.3 Å². The Bertz CT molecular complexity index is 762. The fourth-order valence-electron chi connectivity index (χ4n) is 2.00. The van der Waals surface area contributed by atoms with E-state index in [9.17, 15) is 9.90 Å². The average molecular weight is 268 g/mol. The molecule has 1 aromatic carbocycles. The Morgan fingerprint density at radius 2 is 2.20 bits per heavy atom. The number of imidazole rings is 1. The number of phenols is 1. The van der Waals surface area contributed by atoms with Gasteiger partial charge in [0.05, 0.1) is 22.8 Å². The summed E-state index contributed by atoms with van der Waals surface area (Å²) >= 11 is 0. The lowest BCUT2D eigenvalue weighted by Crippen LogP contribution is -2.05. The van der Waals surface area contributed by atoms with E-state index in [4.69, 9.17) is 0 Å². The molecule has 0 atom stereocenters. The van der Waals surface area contributed by atoms with Gasteiger partial charge in [-0.05, 0) is 18.2 Å². The van der Waals surface area contributed by atoms with E-state index in [1.165, 1.54) is 13.0 Å². The first kappa shape index (κ1) is 12.2. The van der Waals surface area contributed by atoms with Crippen LogP contribution in [0.5, 0.6) is 5.75 Å². The van der Waals surface area contributed by atoms with Crippen LogP contribution in [0.1, 0.15) is 6.92 Å². The maximum absolute atomic E-state index is 11.0. The van der Waals surface area contributed by atoms with Gasteiger partial charge in [0.25, 0.3) is 0 Å². The Hall–Kier alpha value is -2.89. The zero-order valence-electron chi connectivity index (χ0n) is 10.7. The predicted molar refractivity (Wildman–Crippen MR) is 75.3 cm³/mol. The van der Waals surface area contributed by atoms with Gasteiger partial charge in [-0.3, -0.25) is 9.78 Å². The van der Waals surface area contributed by atoms with Crippen molar-refractivity contribution in [3.8, 4) is 17.1 Å². The Labute approximate surface area is 114 Å². The molecule has 3 N–H and O–H groups in total. The quantitative estimate of drug-likeness (QED) is 0.665. The predicted octanol–water partition coefficient (Wildman–Crippen LogP) is 2.29. The number of nitrogens with one attached hydrogen (secondary N) is 2. The molecular formula is C14H12N4O2. The van der Waals surface area contributed by atoms with Crippen molar-refractivity contribution in [2.45, 2.75) is 6.92 Å². The van der Waals surface area contributed by atoms with Crippen molar-refractivity contribution in [3.05, 3.63) is 36.7 Å². The lowest BCUT2D eigenvalue weighted by atomic mass is 10.1. The Kier molecular flexibility index (Phi) is 2.83. The third-order valence-corrected chi connectivity index (χ3v) is 2.86. The van der Waals surface area contributed by atoms with Gasteiger partial charge in [-0.1, -0.05) is 0 Å². The fraction of sp³-hybridized carbons (Fsp3) is 0.0714. The summed E-state index contributed by atoms with van der Waals surface area (Å²) in [4.78, 5) is 22.5. The zero-order chi connectivity index (χ0) is 14.1. The molecule has 2 heterocycles. The molecule has 0 saturated heterocycles. The molecule has 6 nitrogen and oxygen atoms in total. The van der Waals surface area contributed by atoms with Crippen LogP contribution in [0.4, 0.5) is 5.69 Å². The molecule has 3 rings (SSSR count). The van der Waals surface area contributed by atoms with Crippen LogP contribution in [0.3, 0.4) is 0 Å². The lowest BCUT2D eigenvalue weighted by molar-refractivity contribution is -0.114. The van der Waals surface area contributed by atoms with Gasteiger partial charge in [-0.25, -0.2) is 4.98 Å². The van der Waals surface area contributed by atoms with E-state index in [-0.39, 0.29) is 11.7 Å². The van der Waals surface area contributed by atoms with Crippen LogP contribution in [0.2, 0.25) is 0 Å². The van der Waals surface area contributed by atoms with Crippen molar-refractivity contribution in [1.82, 2.24) is 15.0 Å². The van der Waals surface area contributed by atoms with Crippen LogP contribution < -0.4 is 5.32 Å². The number of nitrogens with zero attached hydrogens (tertiary/aromatic N) is 2. The number of rotatable bonds is 2. The number of H-pyrrole nitrogens is 1. The summed E-state index contributed by atoms with van der Waals surface area (Å²) in [6.07, 6.45) is 3.33. The smallest absolute Gasteiger partial charge is 0.221 e. The molecule has 0 spiro atoms. The second kappa shape index (κ2) is 4.65. The second-order valence-electron chi connectivity index (χ2n) is 4.39. The molecule has 0 bridgehead atoms. The van der Waals surface area contributed by atoms with E-state index in [0.29, 0.717) is 17.1 Å². The topological polar surface area (TPSA) is 90.9 Å². The second-order valence-corrected chi connectivity index (χ2v) is 4.39. The Balaban J connectivity index is 2.03. The number of hydrogen-bond acceptors (Lipinski definition) is 4. The molecule has 0 fully saturated rings. The van der Waals surface area contributed by atoms with E-state index in [0.717, 1.165) is 11.0 Å². The van der Waals surface area contributed by atoms with Gasteiger partial charge in [0.15, 0.2) is 0 Å². The van der Waals surface area contributed by atoms with Crippen LogP contribution in [-0.4, -0.2) is 26.0 Å². The number of carbonyl (C=O) groups excluding carboxylic acids is 1. The van der Waals surface area contributed by atoms with Gasteiger partial charge in [0, 0.05) is 24.9 Å². The number of aromatic nitrogens is 3. The molecule has 6 heteroatoms. The van der Waals surface area contributed by atoms with Crippen LogP contribution >= 0.6 is 0 Å². The molecule has 0 aliphatic carbocycles. The molecule has 20 heavy (non-hydrogen) atoms. The first-order chi connectivity index (χ1) is 9.63. The molecular weight excluding hydrogens is 256 g/mol. The fourth-order valence-corrected chi connectivity index (χ4v) is 2.00. The van der Waals surface area contributed by atoms with E-state index in [1.807, 2.05) is 0 Å². The summed E-state index contributed by atoms with van der Waals surface area (Å²) in [5, 5.41) is 12.7. The molecule has 0 aliphatic rings. The van der Waals surface area contributed by atoms with Crippen LogP contribution in [0.25, 0.3) is 22.4 Å². The van der Waals surface area contributed by atoms with Crippen molar-refractivity contribution >= 4 is 22.6 Å². The number of benzene rings is 1. The van der Waals surface area contributed by atoms with Gasteiger partial charge in [0.2, 0.25) is 5.91 Å². The first-order valence-electron chi connectivity index (χ1n) is 6.04. The van der Waals surface area contributed by atoms with Crippen molar-refractivity contribution in [3.63, 3.8) is 0 Å². The highest BCUT2D eigenvalue weighted by Gasteiger charge is 2.10. The van der Waals surface area contributed by atoms with Crippen molar-refractivity contribution < 1.29 is 9.90 Å². The number of aromatic amines is 1. The van der Waals surface area contributed by atoms with Gasteiger partial charge in [0.1, 0.15) is 11.6 Å². The average Bonchev–Trinajstić information content (AvgIpc) is 2.81. The largest absolute Gasteiger partial charge is 0.507 e. The molecule has 0 saturated carbocycles. The molecule has 0 unspecified atom stereocenters. The lowest BCUT2D eigenvalue weighted by Gasteiger charge is -2.05. The maximum atomic E-state index is 11.0. The highest BCUT2D eigenvalue weighted by atomic mass is 16.3. The normalized spacial score (nSPS) is 10.7. The number of aromatic hydroxyl groups is 1. The minimum atomic E-state index is -0.188. The van der Waals surface area contributed by atoms with Gasteiger partial charge in [-0.15, -0.1) is 0 Å². The number of phenolic OH excluding ortho intramolecular Hbond substituents is 1. The first-order valence-corrected chi connectivity index (χ1v) is 6.04. The molecule has 1 amide bonds. The van der Waals surface area contributed by atoms with Crippen LogP contribution in [0.15, 0.2) is 36.7 Å². The highest BCUT2D eigenvalue weighted by Crippen LogP contribution is 2.30. The van der Waals surface area contributed by atoms with Gasteiger partial charge < -0.3 is 15.4 Å². The summed E-state index contributed by atoms with van der Waals surface area (Å²) in [5.41, 5.74) is 2.68. The zero-order valence-corrected chi connectivity index (χ0v) is 10.7. The Morgan fingerprint density at radius 3 is 2.90 bits per heavy atom. The van der Waals surface area contributed by atoms with E-state index < -0.39 is 0 Å². The van der Waals surface area contributed by atoms with E-state index in [1.54, 1.807) is 30.6 Å². The number of carbonyl (C=O) groups is 1. The molecule has 100 valence electrons. The summed E-state index contributed by atoms with van der Waals surface area (Å²) in [6.45, 7) is 1.41. The van der Waals surface area contributed by atoms with Crippen molar-refractivity contribution in [2.75, 3.05) is 5.32 Å². The van der Waals surface area contributed by atoms with Crippen molar-refractivity contribution in [1.29, 1.82) is 0 Å².